The molecule has 2 heteroatoms. The molecule has 2 nitrogen and oxygen atoms in total. The van der Waals surface area contributed by atoms with Crippen molar-refractivity contribution in [2.24, 2.45) is 5.92 Å². The number of hydrogen-bond donors (Lipinski definition) is 0. The molecule has 2 aromatic carbocycles. The van der Waals surface area contributed by atoms with Crippen LogP contribution >= 0.6 is 0 Å². The fourth-order valence-electron chi connectivity index (χ4n) is 4.78. The van der Waals surface area contributed by atoms with Gasteiger partial charge in [-0.3, -0.25) is 4.90 Å². The van der Waals surface area contributed by atoms with Gasteiger partial charge in [0.1, 0.15) is 0 Å². The molecule has 2 unspecified atom stereocenters. The fraction of sp³-hybridized carbons (Fsp3) is 0.500. The molecule has 0 N–H and O–H groups in total. The van der Waals surface area contributed by atoms with Crippen molar-refractivity contribution in [1.29, 1.82) is 0 Å². The standard InChI is InChI=1S/C24H32N2/c1-20-10-12-22(13-11-20)24-19-26(16-21-8-4-2-5-9-21)18-23(24)17-25-14-6-3-7-15-25/h2,4-5,8-13,23-24H,3,6-7,14-19H2,1H3. The van der Waals surface area contributed by atoms with Crippen molar-refractivity contribution in [3.63, 3.8) is 0 Å². The normalized spacial score (nSPS) is 24.8. The highest BCUT2D eigenvalue weighted by Crippen LogP contribution is 2.34. The highest BCUT2D eigenvalue weighted by molar-refractivity contribution is 5.27. The Morgan fingerprint density at radius 1 is 0.808 bits per heavy atom. The highest BCUT2D eigenvalue weighted by atomic mass is 15.2. The van der Waals surface area contributed by atoms with Crippen molar-refractivity contribution in [2.45, 2.75) is 38.6 Å². The van der Waals surface area contributed by atoms with Crippen molar-refractivity contribution >= 4 is 0 Å². The molecular weight excluding hydrogens is 316 g/mol. The molecule has 0 aliphatic carbocycles. The van der Waals surface area contributed by atoms with Crippen LogP contribution in [0.3, 0.4) is 0 Å². The number of likely N-dealkylation sites (tertiary alicyclic amines) is 2. The van der Waals surface area contributed by atoms with Gasteiger partial charge in [-0.15, -0.1) is 0 Å². The van der Waals surface area contributed by atoms with E-state index < -0.39 is 0 Å². The summed E-state index contributed by atoms with van der Waals surface area (Å²) in [5.74, 6) is 1.42. The lowest BCUT2D eigenvalue weighted by molar-refractivity contribution is 0.188. The predicted molar refractivity (Wildman–Crippen MR) is 109 cm³/mol. The molecule has 0 radical (unpaired) electrons. The summed E-state index contributed by atoms with van der Waals surface area (Å²) in [6.45, 7) is 9.56. The number of benzene rings is 2. The second kappa shape index (κ2) is 8.37. The first-order valence-electron chi connectivity index (χ1n) is 10.3. The molecule has 0 bridgehead atoms. The van der Waals surface area contributed by atoms with Crippen LogP contribution in [0, 0.1) is 12.8 Å². The van der Waals surface area contributed by atoms with E-state index in [1.54, 1.807) is 0 Å². The van der Waals surface area contributed by atoms with Crippen LogP contribution in [-0.2, 0) is 6.54 Å². The van der Waals surface area contributed by atoms with Gasteiger partial charge >= 0.3 is 0 Å². The Labute approximate surface area is 158 Å². The van der Waals surface area contributed by atoms with Crippen LogP contribution in [0.4, 0.5) is 0 Å². The van der Waals surface area contributed by atoms with Crippen LogP contribution < -0.4 is 0 Å². The first kappa shape index (κ1) is 17.8. The molecule has 0 spiro atoms. The minimum atomic E-state index is 0.668. The molecule has 2 saturated heterocycles. The lowest BCUT2D eigenvalue weighted by atomic mass is 9.88. The molecule has 0 aromatic heterocycles. The van der Waals surface area contributed by atoms with Crippen LogP contribution in [0.1, 0.15) is 41.9 Å². The number of nitrogens with zero attached hydrogens (tertiary/aromatic N) is 2. The minimum absolute atomic E-state index is 0.668. The van der Waals surface area contributed by atoms with Gasteiger partial charge in [-0.2, -0.15) is 0 Å². The van der Waals surface area contributed by atoms with E-state index in [1.807, 2.05) is 0 Å². The Hall–Kier alpha value is -1.64. The Balaban J connectivity index is 1.48. The predicted octanol–water partition coefficient (Wildman–Crippen LogP) is 4.70. The summed E-state index contributed by atoms with van der Waals surface area (Å²) >= 11 is 0. The largest absolute Gasteiger partial charge is 0.303 e. The van der Waals surface area contributed by atoms with E-state index in [-0.39, 0.29) is 0 Å². The summed E-state index contributed by atoms with van der Waals surface area (Å²) in [5.41, 5.74) is 4.34. The average Bonchev–Trinajstić information content (AvgIpc) is 3.06. The Kier molecular flexibility index (Phi) is 5.72. The van der Waals surface area contributed by atoms with E-state index >= 15 is 0 Å². The van der Waals surface area contributed by atoms with E-state index in [0.717, 1.165) is 12.5 Å². The number of aryl methyl sites for hydroxylation is 1. The quantitative estimate of drug-likeness (QED) is 0.773. The maximum absolute atomic E-state index is 2.72. The molecule has 0 amide bonds. The first-order valence-corrected chi connectivity index (χ1v) is 10.3. The lowest BCUT2D eigenvalue weighted by Gasteiger charge is -2.31. The maximum atomic E-state index is 2.72. The molecule has 0 saturated carbocycles. The summed E-state index contributed by atoms with van der Waals surface area (Å²) in [4.78, 5) is 5.40. The van der Waals surface area contributed by atoms with Gasteiger partial charge in [0.05, 0.1) is 0 Å². The van der Waals surface area contributed by atoms with E-state index in [1.165, 1.54) is 68.7 Å². The number of piperidine rings is 1. The Morgan fingerprint density at radius 3 is 2.27 bits per heavy atom. The third-order valence-corrected chi connectivity index (χ3v) is 6.21. The maximum Gasteiger partial charge on any atom is 0.0234 e. The fourth-order valence-corrected chi connectivity index (χ4v) is 4.78. The zero-order valence-electron chi connectivity index (χ0n) is 16.1. The Bertz CT molecular complexity index is 673. The second-order valence-electron chi connectivity index (χ2n) is 8.32. The van der Waals surface area contributed by atoms with Crippen molar-refractivity contribution in [1.82, 2.24) is 9.80 Å². The highest BCUT2D eigenvalue weighted by Gasteiger charge is 2.34. The van der Waals surface area contributed by atoms with Crippen LogP contribution in [0.15, 0.2) is 54.6 Å². The summed E-state index contributed by atoms with van der Waals surface area (Å²) in [5, 5.41) is 0. The van der Waals surface area contributed by atoms with Crippen LogP contribution in [0.25, 0.3) is 0 Å². The summed E-state index contributed by atoms with van der Waals surface area (Å²) in [6.07, 6.45) is 4.19. The molecule has 2 atom stereocenters. The second-order valence-corrected chi connectivity index (χ2v) is 8.32. The van der Waals surface area contributed by atoms with Gasteiger partial charge in [0.2, 0.25) is 0 Å². The van der Waals surface area contributed by atoms with E-state index in [4.69, 9.17) is 0 Å². The lowest BCUT2D eigenvalue weighted by Crippen LogP contribution is -2.36. The van der Waals surface area contributed by atoms with E-state index in [9.17, 15) is 0 Å². The number of hydrogen-bond acceptors (Lipinski definition) is 2. The zero-order valence-corrected chi connectivity index (χ0v) is 16.1. The van der Waals surface area contributed by atoms with Gasteiger partial charge in [-0.25, -0.2) is 0 Å². The average molecular weight is 349 g/mol. The van der Waals surface area contributed by atoms with E-state index in [0.29, 0.717) is 5.92 Å². The van der Waals surface area contributed by atoms with Crippen molar-refractivity contribution in [3.05, 3.63) is 71.3 Å². The molecular formula is C24H32N2. The summed E-state index contributed by atoms with van der Waals surface area (Å²) < 4.78 is 0. The first-order chi connectivity index (χ1) is 12.8. The molecule has 2 aromatic rings. The molecule has 2 heterocycles. The van der Waals surface area contributed by atoms with Gasteiger partial charge < -0.3 is 4.90 Å². The van der Waals surface area contributed by atoms with E-state index in [2.05, 4.69) is 71.3 Å². The molecule has 2 aliphatic rings. The summed E-state index contributed by atoms with van der Waals surface area (Å²) in [6, 6.07) is 20.3. The van der Waals surface area contributed by atoms with Crippen molar-refractivity contribution in [2.75, 3.05) is 32.7 Å². The third kappa shape index (κ3) is 4.36. The molecule has 2 aliphatic heterocycles. The van der Waals surface area contributed by atoms with Gasteiger partial charge in [0, 0.05) is 32.1 Å². The van der Waals surface area contributed by atoms with Crippen molar-refractivity contribution in [3.8, 4) is 0 Å². The summed E-state index contributed by atoms with van der Waals surface area (Å²) in [7, 11) is 0. The van der Waals surface area contributed by atoms with Crippen LogP contribution in [-0.4, -0.2) is 42.5 Å². The molecule has 2 fully saturated rings. The smallest absolute Gasteiger partial charge is 0.0234 e. The van der Waals surface area contributed by atoms with Crippen LogP contribution in [0.2, 0.25) is 0 Å². The van der Waals surface area contributed by atoms with Gasteiger partial charge in [-0.1, -0.05) is 66.6 Å². The monoisotopic (exact) mass is 348 g/mol. The topological polar surface area (TPSA) is 6.48 Å². The SMILES string of the molecule is Cc1ccc(C2CN(Cc3ccccc3)CC2CN2CCCCC2)cc1. The molecule has 138 valence electrons. The minimum Gasteiger partial charge on any atom is -0.303 e. The van der Waals surface area contributed by atoms with Gasteiger partial charge in [0.25, 0.3) is 0 Å². The zero-order chi connectivity index (χ0) is 17.8. The van der Waals surface area contributed by atoms with Crippen LogP contribution in [0.5, 0.6) is 0 Å². The molecule has 26 heavy (non-hydrogen) atoms. The third-order valence-electron chi connectivity index (χ3n) is 6.21. The van der Waals surface area contributed by atoms with Gasteiger partial charge in [0.15, 0.2) is 0 Å². The number of rotatable bonds is 5. The van der Waals surface area contributed by atoms with Gasteiger partial charge in [-0.05, 0) is 49.9 Å². The van der Waals surface area contributed by atoms with Crippen molar-refractivity contribution < 1.29 is 0 Å². The molecule has 4 rings (SSSR count). The Morgan fingerprint density at radius 2 is 1.54 bits per heavy atom.